The van der Waals surface area contributed by atoms with Crippen LogP contribution in [0.2, 0.25) is 0 Å². The summed E-state index contributed by atoms with van der Waals surface area (Å²) in [6.45, 7) is 5.89. The maximum Gasteiger partial charge on any atom is 0.0123 e. The van der Waals surface area contributed by atoms with Gasteiger partial charge >= 0.3 is 0 Å². The third-order valence-electron chi connectivity index (χ3n) is 2.91. The Bertz CT molecular complexity index is 192. The second-order valence-electron chi connectivity index (χ2n) is 3.59. The molecule has 1 fully saturated rings. The fourth-order valence-electron chi connectivity index (χ4n) is 2.18. The van der Waals surface area contributed by atoms with E-state index in [1.54, 1.807) is 6.08 Å². The average Bonchev–Trinajstić information content (AvgIpc) is 2.52. The lowest BCUT2D eigenvalue weighted by atomic mass is 9.91. The fourth-order valence-corrected chi connectivity index (χ4v) is 2.18. The van der Waals surface area contributed by atoms with Gasteiger partial charge in [-0.1, -0.05) is 44.6 Å². The van der Waals surface area contributed by atoms with Crippen LogP contribution in [0.4, 0.5) is 0 Å². The van der Waals surface area contributed by atoms with E-state index < -0.39 is 0 Å². The summed E-state index contributed by atoms with van der Waals surface area (Å²) in [7, 11) is 0. The zero-order valence-electron chi connectivity index (χ0n) is 7.97. The van der Waals surface area contributed by atoms with E-state index in [9.17, 15) is 0 Å². The molecular formula is C12H18. The van der Waals surface area contributed by atoms with E-state index in [1.807, 2.05) is 0 Å². The zero-order valence-corrected chi connectivity index (χ0v) is 7.97. The molecule has 0 heterocycles. The highest BCUT2D eigenvalue weighted by atomic mass is 14.3. The highest BCUT2D eigenvalue weighted by Gasteiger charge is 2.24. The molecule has 0 saturated heterocycles. The lowest BCUT2D eigenvalue weighted by molar-refractivity contribution is 0.384. The highest BCUT2D eigenvalue weighted by molar-refractivity contribution is 5.12. The van der Waals surface area contributed by atoms with E-state index in [2.05, 4.69) is 25.3 Å². The molecule has 2 atom stereocenters. The summed E-state index contributed by atoms with van der Waals surface area (Å²) in [5.41, 5.74) is 0. The van der Waals surface area contributed by atoms with Gasteiger partial charge in [0.05, 0.1) is 0 Å². The van der Waals surface area contributed by atoms with Crippen LogP contribution in [0.5, 0.6) is 0 Å². The molecule has 0 aromatic heterocycles. The molecule has 1 aliphatic rings. The van der Waals surface area contributed by atoms with Crippen molar-refractivity contribution in [2.75, 3.05) is 0 Å². The number of hydrogen-bond acceptors (Lipinski definition) is 0. The maximum atomic E-state index is 3.59. The predicted molar refractivity (Wildman–Crippen MR) is 53.7 cm³/mol. The minimum absolute atomic E-state index is 0.877. The van der Waals surface area contributed by atoms with Crippen LogP contribution in [-0.4, -0.2) is 0 Å². The van der Waals surface area contributed by atoms with Gasteiger partial charge in [-0.15, -0.1) is 0 Å². The first-order valence-electron chi connectivity index (χ1n) is 4.97. The Morgan fingerprint density at radius 3 is 2.83 bits per heavy atom. The van der Waals surface area contributed by atoms with Crippen molar-refractivity contribution < 1.29 is 0 Å². The first-order chi connectivity index (χ1) is 5.88. The molecule has 1 rings (SSSR count). The fraction of sp³-hybridized carbons (Fsp3) is 0.667. The molecule has 0 bridgehead atoms. The molecule has 66 valence electrons. The molecule has 0 N–H and O–H groups in total. The van der Waals surface area contributed by atoms with Crippen LogP contribution < -0.4 is 0 Å². The molecule has 1 aliphatic carbocycles. The normalized spacial score (nSPS) is 27.8. The van der Waals surface area contributed by atoms with Crippen molar-refractivity contribution in [1.82, 2.24) is 0 Å². The van der Waals surface area contributed by atoms with Crippen molar-refractivity contribution in [3.05, 3.63) is 12.7 Å². The molecule has 0 aromatic carbocycles. The monoisotopic (exact) mass is 162 g/mol. The Morgan fingerprint density at radius 1 is 1.42 bits per heavy atom. The van der Waals surface area contributed by atoms with Crippen LogP contribution >= 0.6 is 0 Å². The lowest BCUT2D eigenvalue weighted by Gasteiger charge is -2.14. The SMILES string of the molecule is C=CC#CCC1CCCC1CC. The summed E-state index contributed by atoms with van der Waals surface area (Å²) in [5.74, 6) is 7.93. The molecule has 0 radical (unpaired) electrons. The Hall–Kier alpha value is -0.700. The van der Waals surface area contributed by atoms with Gasteiger partial charge in [-0.25, -0.2) is 0 Å². The van der Waals surface area contributed by atoms with E-state index in [0.717, 1.165) is 18.3 Å². The second kappa shape index (κ2) is 5.04. The molecular weight excluding hydrogens is 144 g/mol. The van der Waals surface area contributed by atoms with Crippen LogP contribution in [-0.2, 0) is 0 Å². The minimum Gasteiger partial charge on any atom is -0.0982 e. The van der Waals surface area contributed by atoms with Gasteiger partial charge in [-0.3, -0.25) is 0 Å². The van der Waals surface area contributed by atoms with Crippen molar-refractivity contribution in [1.29, 1.82) is 0 Å². The van der Waals surface area contributed by atoms with Gasteiger partial charge in [0.1, 0.15) is 0 Å². The van der Waals surface area contributed by atoms with Crippen molar-refractivity contribution >= 4 is 0 Å². The third-order valence-corrected chi connectivity index (χ3v) is 2.91. The quantitative estimate of drug-likeness (QED) is 0.546. The van der Waals surface area contributed by atoms with Crippen LogP contribution in [0.25, 0.3) is 0 Å². The largest absolute Gasteiger partial charge is 0.0982 e. The molecule has 12 heavy (non-hydrogen) atoms. The van der Waals surface area contributed by atoms with Crippen LogP contribution in [0.1, 0.15) is 39.0 Å². The Morgan fingerprint density at radius 2 is 2.17 bits per heavy atom. The Balaban J connectivity index is 2.35. The summed E-state index contributed by atoms with van der Waals surface area (Å²) in [4.78, 5) is 0. The Labute approximate surface area is 76.1 Å². The van der Waals surface area contributed by atoms with Crippen LogP contribution in [0.3, 0.4) is 0 Å². The van der Waals surface area contributed by atoms with Gasteiger partial charge in [0.25, 0.3) is 0 Å². The smallest absolute Gasteiger partial charge is 0.0123 e. The Kier molecular flexibility index (Phi) is 3.94. The number of allylic oxidation sites excluding steroid dienone is 1. The average molecular weight is 162 g/mol. The van der Waals surface area contributed by atoms with E-state index in [4.69, 9.17) is 0 Å². The van der Waals surface area contributed by atoms with Crippen molar-refractivity contribution in [2.45, 2.75) is 39.0 Å². The second-order valence-corrected chi connectivity index (χ2v) is 3.59. The molecule has 1 saturated carbocycles. The van der Waals surface area contributed by atoms with Gasteiger partial charge in [0.2, 0.25) is 0 Å². The lowest BCUT2D eigenvalue weighted by Crippen LogP contribution is -2.05. The summed E-state index contributed by atoms with van der Waals surface area (Å²) in [6, 6.07) is 0. The number of rotatable bonds is 2. The van der Waals surface area contributed by atoms with Crippen molar-refractivity contribution in [2.24, 2.45) is 11.8 Å². The van der Waals surface area contributed by atoms with E-state index in [-0.39, 0.29) is 0 Å². The van der Waals surface area contributed by atoms with Crippen molar-refractivity contribution in [3.63, 3.8) is 0 Å². The van der Waals surface area contributed by atoms with Crippen molar-refractivity contribution in [3.8, 4) is 11.8 Å². The molecule has 0 aliphatic heterocycles. The van der Waals surface area contributed by atoms with Gasteiger partial charge < -0.3 is 0 Å². The molecule has 0 heteroatoms. The molecule has 0 aromatic rings. The standard InChI is InChI=1S/C12H18/c1-3-5-6-8-12-10-7-9-11(12)4-2/h3,11-12H,1,4,7-10H2,2H3. The number of hydrogen-bond donors (Lipinski definition) is 0. The summed E-state index contributed by atoms with van der Waals surface area (Å²) in [5, 5.41) is 0. The zero-order chi connectivity index (χ0) is 8.81. The maximum absolute atomic E-state index is 3.59. The van der Waals surface area contributed by atoms with Crippen LogP contribution in [0.15, 0.2) is 12.7 Å². The summed E-state index contributed by atoms with van der Waals surface area (Å²) >= 11 is 0. The van der Waals surface area contributed by atoms with Gasteiger partial charge in [0.15, 0.2) is 0 Å². The molecule has 2 unspecified atom stereocenters. The highest BCUT2D eigenvalue weighted by Crippen LogP contribution is 2.35. The molecule has 0 amide bonds. The first-order valence-corrected chi connectivity index (χ1v) is 4.97. The summed E-state index contributed by atoms with van der Waals surface area (Å²) in [6.07, 6.45) is 8.35. The summed E-state index contributed by atoms with van der Waals surface area (Å²) < 4.78 is 0. The van der Waals surface area contributed by atoms with Gasteiger partial charge in [-0.2, -0.15) is 0 Å². The molecule has 0 nitrogen and oxygen atoms in total. The van der Waals surface area contributed by atoms with Gasteiger partial charge in [-0.05, 0) is 24.3 Å². The third kappa shape index (κ3) is 2.41. The van der Waals surface area contributed by atoms with E-state index >= 15 is 0 Å². The van der Waals surface area contributed by atoms with E-state index in [0.29, 0.717) is 0 Å². The van der Waals surface area contributed by atoms with Gasteiger partial charge in [0, 0.05) is 6.42 Å². The van der Waals surface area contributed by atoms with Crippen LogP contribution in [0, 0.1) is 23.7 Å². The molecule has 0 spiro atoms. The topological polar surface area (TPSA) is 0 Å². The minimum atomic E-state index is 0.877. The first kappa shape index (κ1) is 9.39. The van der Waals surface area contributed by atoms with E-state index in [1.165, 1.54) is 25.7 Å². The predicted octanol–water partition coefficient (Wildman–Crippen LogP) is 3.39.